The number of hydrogen-bond donors (Lipinski definition) is 0. The summed E-state index contributed by atoms with van der Waals surface area (Å²) in [4.78, 5) is 29.6. The zero-order valence-corrected chi connectivity index (χ0v) is 19.9. The number of benzene rings is 2. The summed E-state index contributed by atoms with van der Waals surface area (Å²) in [5.74, 6) is -2.78. The highest BCUT2D eigenvalue weighted by Gasteiger charge is 2.37. The maximum atomic E-state index is 12.8. The number of ether oxygens (including phenoxy) is 2. The van der Waals surface area contributed by atoms with Crippen molar-refractivity contribution < 1.29 is 19.1 Å². The second kappa shape index (κ2) is 11.9. The van der Waals surface area contributed by atoms with Gasteiger partial charge < -0.3 is 19.3 Å². The Morgan fingerprint density at radius 3 is 1.62 bits per heavy atom. The van der Waals surface area contributed by atoms with Gasteiger partial charge in [-0.2, -0.15) is 0 Å². The Morgan fingerprint density at radius 1 is 0.781 bits per heavy atom. The molecule has 0 radical (unpaired) electrons. The molecule has 0 fully saturated rings. The first-order chi connectivity index (χ1) is 15.3. The zero-order valence-electron chi connectivity index (χ0n) is 19.9. The Balaban J connectivity index is 2.48. The van der Waals surface area contributed by atoms with E-state index in [-0.39, 0.29) is 13.2 Å². The fourth-order valence-corrected chi connectivity index (χ4v) is 3.36. The maximum Gasteiger partial charge on any atom is 0.321 e. The zero-order chi connectivity index (χ0) is 23.7. The minimum absolute atomic E-state index is 0.191. The minimum atomic E-state index is -1.09. The Labute approximate surface area is 191 Å². The van der Waals surface area contributed by atoms with Crippen molar-refractivity contribution in [1.82, 2.24) is 0 Å². The fourth-order valence-electron chi connectivity index (χ4n) is 3.36. The Hall–Kier alpha value is -3.28. The first-order valence-electron chi connectivity index (χ1n) is 10.8. The van der Waals surface area contributed by atoms with Gasteiger partial charge in [-0.25, -0.2) is 0 Å². The van der Waals surface area contributed by atoms with E-state index in [9.17, 15) is 9.59 Å². The molecule has 0 saturated carbocycles. The van der Waals surface area contributed by atoms with E-state index >= 15 is 0 Å². The molecule has 6 nitrogen and oxygen atoms in total. The number of anilines is 2. The summed E-state index contributed by atoms with van der Waals surface area (Å²) >= 11 is 0. The first kappa shape index (κ1) is 25.0. The molecule has 32 heavy (non-hydrogen) atoms. The predicted molar refractivity (Wildman–Crippen MR) is 130 cm³/mol. The van der Waals surface area contributed by atoms with E-state index in [4.69, 9.17) is 9.47 Å². The van der Waals surface area contributed by atoms with Crippen molar-refractivity contribution in [3.05, 3.63) is 65.7 Å². The van der Waals surface area contributed by atoms with E-state index in [1.54, 1.807) is 13.8 Å². The summed E-state index contributed by atoms with van der Waals surface area (Å²) < 4.78 is 10.5. The quantitative estimate of drug-likeness (QED) is 0.406. The number of carbonyl (C=O) groups is 2. The van der Waals surface area contributed by atoms with Gasteiger partial charge >= 0.3 is 11.9 Å². The van der Waals surface area contributed by atoms with E-state index in [2.05, 4.69) is 0 Å². The lowest BCUT2D eigenvalue weighted by Crippen LogP contribution is -2.33. The van der Waals surface area contributed by atoms with E-state index in [0.717, 1.165) is 22.5 Å². The summed E-state index contributed by atoms with van der Waals surface area (Å²) in [7, 11) is 7.90. The lowest BCUT2D eigenvalue weighted by atomic mass is 9.85. The smallest absolute Gasteiger partial charge is 0.321 e. The third kappa shape index (κ3) is 6.61. The van der Waals surface area contributed by atoms with Crippen LogP contribution in [-0.4, -0.2) is 53.3 Å². The molecular weight excluding hydrogens is 404 g/mol. The summed E-state index contributed by atoms with van der Waals surface area (Å²) in [6.07, 6.45) is 3.81. The van der Waals surface area contributed by atoms with Gasteiger partial charge in [-0.1, -0.05) is 36.4 Å². The van der Waals surface area contributed by atoms with Gasteiger partial charge in [-0.3, -0.25) is 9.59 Å². The highest BCUT2D eigenvalue weighted by atomic mass is 16.6. The number of rotatable bonds is 10. The standard InChI is InChI=1S/C26H34N2O4/c1-7-31-25(29)24(26(30)32-8-2)23(20-12-16-22(17-13-20)28(5)6)18-11-19-9-14-21(15-10-19)27(3)4/h9-18,23-24H,7-8H2,1-6H3. The van der Waals surface area contributed by atoms with Gasteiger partial charge in [-0.15, -0.1) is 0 Å². The SMILES string of the molecule is CCOC(=O)C(C(=O)OCC)C(C=Cc1ccc(N(C)C)cc1)c1ccc(N(C)C)cc1. The van der Waals surface area contributed by atoms with Gasteiger partial charge in [0.1, 0.15) is 0 Å². The van der Waals surface area contributed by atoms with Gasteiger partial charge in [0.25, 0.3) is 0 Å². The predicted octanol–water partition coefficient (Wildman–Crippen LogP) is 4.36. The summed E-state index contributed by atoms with van der Waals surface area (Å²) in [5, 5.41) is 0. The van der Waals surface area contributed by atoms with Crippen molar-refractivity contribution in [2.75, 3.05) is 51.2 Å². The minimum Gasteiger partial charge on any atom is -0.465 e. The molecule has 2 rings (SSSR count). The molecule has 0 aliphatic rings. The van der Waals surface area contributed by atoms with Crippen LogP contribution in [0.5, 0.6) is 0 Å². The van der Waals surface area contributed by atoms with Crippen molar-refractivity contribution in [1.29, 1.82) is 0 Å². The second-order valence-corrected chi connectivity index (χ2v) is 7.84. The number of carbonyl (C=O) groups excluding carboxylic acids is 2. The average Bonchev–Trinajstić information content (AvgIpc) is 2.77. The van der Waals surface area contributed by atoms with Crippen LogP contribution < -0.4 is 9.80 Å². The third-order valence-corrected chi connectivity index (χ3v) is 5.14. The van der Waals surface area contributed by atoms with E-state index in [0.29, 0.717) is 0 Å². The fraction of sp³-hybridized carbons (Fsp3) is 0.385. The van der Waals surface area contributed by atoms with Crippen molar-refractivity contribution in [2.45, 2.75) is 19.8 Å². The van der Waals surface area contributed by atoms with Crippen molar-refractivity contribution >= 4 is 29.4 Å². The van der Waals surface area contributed by atoms with Crippen LogP contribution in [0.15, 0.2) is 54.6 Å². The van der Waals surface area contributed by atoms with Gasteiger partial charge in [0.05, 0.1) is 13.2 Å². The first-order valence-corrected chi connectivity index (χ1v) is 10.8. The molecule has 6 heteroatoms. The number of allylic oxidation sites excluding steroid dienone is 1. The van der Waals surface area contributed by atoms with Crippen LogP contribution in [0.3, 0.4) is 0 Å². The number of esters is 2. The van der Waals surface area contributed by atoms with Crippen LogP contribution >= 0.6 is 0 Å². The van der Waals surface area contributed by atoms with E-state index in [1.165, 1.54) is 0 Å². The Bertz CT molecular complexity index is 884. The van der Waals surface area contributed by atoms with Crippen LogP contribution in [0.4, 0.5) is 11.4 Å². The lowest BCUT2D eigenvalue weighted by Gasteiger charge is -2.23. The summed E-state index contributed by atoms with van der Waals surface area (Å²) in [6, 6.07) is 15.9. The van der Waals surface area contributed by atoms with Gasteiger partial charge in [0.15, 0.2) is 5.92 Å². The van der Waals surface area contributed by atoms with E-state index in [1.807, 2.05) is 98.7 Å². The molecule has 0 saturated heterocycles. The molecule has 0 aliphatic carbocycles. The van der Waals surface area contributed by atoms with Crippen molar-refractivity contribution in [3.8, 4) is 0 Å². The Morgan fingerprint density at radius 2 is 1.22 bits per heavy atom. The maximum absolute atomic E-state index is 12.8. The van der Waals surface area contributed by atoms with Gasteiger partial charge in [0, 0.05) is 45.5 Å². The van der Waals surface area contributed by atoms with Crippen LogP contribution in [0.1, 0.15) is 30.9 Å². The molecule has 0 spiro atoms. The molecule has 0 heterocycles. The van der Waals surface area contributed by atoms with Crippen molar-refractivity contribution in [2.24, 2.45) is 5.92 Å². The highest BCUT2D eigenvalue weighted by Crippen LogP contribution is 2.31. The van der Waals surface area contributed by atoms with Crippen LogP contribution in [0.25, 0.3) is 6.08 Å². The summed E-state index contributed by atoms with van der Waals surface area (Å²) in [5.41, 5.74) is 3.92. The molecule has 0 amide bonds. The Kier molecular flexibility index (Phi) is 9.32. The second-order valence-electron chi connectivity index (χ2n) is 7.84. The third-order valence-electron chi connectivity index (χ3n) is 5.14. The molecule has 2 aromatic rings. The average molecular weight is 439 g/mol. The highest BCUT2D eigenvalue weighted by molar-refractivity contribution is 5.96. The molecule has 1 unspecified atom stereocenters. The molecule has 0 aromatic heterocycles. The van der Waals surface area contributed by atoms with Gasteiger partial charge in [-0.05, 0) is 49.2 Å². The monoisotopic (exact) mass is 438 g/mol. The lowest BCUT2D eigenvalue weighted by molar-refractivity contribution is -0.162. The molecule has 0 N–H and O–H groups in total. The summed E-state index contributed by atoms with van der Waals surface area (Å²) in [6.45, 7) is 3.83. The number of nitrogens with zero attached hydrogens (tertiary/aromatic N) is 2. The van der Waals surface area contributed by atoms with Crippen LogP contribution in [-0.2, 0) is 19.1 Å². The topological polar surface area (TPSA) is 59.1 Å². The van der Waals surface area contributed by atoms with Gasteiger partial charge in [0.2, 0.25) is 0 Å². The van der Waals surface area contributed by atoms with E-state index < -0.39 is 23.8 Å². The molecule has 172 valence electrons. The van der Waals surface area contributed by atoms with Crippen LogP contribution in [0.2, 0.25) is 0 Å². The largest absolute Gasteiger partial charge is 0.465 e. The van der Waals surface area contributed by atoms with Crippen LogP contribution in [0, 0.1) is 5.92 Å². The molecule has 0 bridgehead atoms. The molecule has 2 aromatic carbocycles. The number of hydrogen-bond acceptors (Lipinski definition) is 6. The normalized spacial score (nSPS) is 12.0. The van der Waals surface area contributed by atoms with Crippen molar-refractivity contribution in [3.63, 3.8) is 0 Å². The molecule has 0 aliphatic heterocycles. The molecular formula is C26H34N2O4. The molecule has 1 atom stereocenters.